The van der Waals surface area contributed by atoms with Crippen LogP contribution < -0.4 is 5.73 Å². The SMILES string of the molecule is CCC(C)CN(CC)C(CN)CO. The molecule has 0 fully saturated rings. The molecule has 0 aliphatic rings. The molecule has 0 rings (SSSR count). The highest BCUT2D eigenvalue weighted by molar-refractivity contribution is 4.72. The molecule has 3 heteroatoms. The fourth-order valence-corrected chi connectivity index (χ4v) is 1.40. The van der Waals surface area contributed by atoms with Crippen LogP contribution in [-0.2, 0) is 0 Å². The minimum absolute atomic E-state index is 0.138. The molecule has 2 atom stereocenters. The van der Waals surface area contributed by atoms with Gasteiger partial charge in [0.05, 0.1) is 6.61 Å². The number of hydrogen-bond acceptors (Lipinski definition) is 3. The third kappa shape index (κ3) is 4.60. The van der Waals surface area contributed by atoms with Crippen molar-refractivity contribution >= 4 is 0 Å². The zero-order valence-corrected chi connectivity index (χ0v) is 9.16. The average molecular weight is 188 g/mol. The van der Waals surface area contributed by atoms with Gasteiger partial charge in [0, 0.05) is 19.1 Å². The van der Waals surface area contributed by atoms with E-state index in [0.29, 0.717) is 12.5 Å². The molecule has 0 spiro atoms. The van der Waals surface area contributed by atoms with Gasteiger partial charge in [-0.1, -0.05) is 27.2 Å². The Morgan fingerprint density at radius 3 is 2.31 bits per heavy atom. The van der Waals surface area contributed by atoms with Crippen molar-refractivity contribution in [2.24, 2.45) is 11.7 Å². The quantitative estimate of drug-likeness (QED) is 0.617. The second kappa shape index (κ2) is 7.30. The predicted molar refractivity (Wildman–Crippen MR) is 56.6 cm³/mol. The van der Waals surface area contributed by atoms with Crippen LogP contribution in [0.15, 0.2) is 0 Å². The summed E-state index contributed by atoms with van der Waals surface area (Å²) in [6, 6.07) is 0.138. The Morgan fingerprint density at radius 1 is 1.38 bits per heavy atom. The van der Waals surface area contributed by atoms with Crippen molar-refractivity contribution in [2.75, 3.05) is 26.2 Å². The van der Waals surface area contributed by atoms with Crippen LogP contribution in [0.4, 0.5) is 0 Å². The van der Waals surface area contributed by atoms with Crippen LogP contribution in [-0.4, -0.2) is 42.3 Å². The van der Waals surface area contributed by atoms with Crippen LogP contribution in [0, 0.1) is 5.92 Å². The van der Waals surface area contributed by atoms with Crippen molar-refractivity contribution in [1.82, 2.24) is 4.90 Å². The van der Waals surface area contributed by atoms with E-state index in [9.17, 15) is 0 Å². The standard InChI is InChI=1S/C10H24N2O/c1-4-9(3)7-12(5-2)10(6-11)8-13/h9-10,13H,4-8,11H2,1-3H3. The summed E-state index contributed by atoms with van der Waals surface area (Å²) in [5.74, 6) is 0.681. The molecule has 80 valence electrons. The molecule has 0 aromatic rings. The molecule has 2 unspecified atom stereocenters. The third-order valence-electron chi connectivity index (χ3n) is 2.65. The fraction of sp³-hybridized carbons (Fsp3) is 1.00. The maximum atomic E-state index is 9.09. The van der Waals surface area contributed by atoms with Crippen molar-refractivity contribution in [3.05, 3.63) is 0 Å². The number of nitrogens with two attached hydrogens (primary N) is 1. The lowest BCUT2D eigenvalue weighted by Crippen LogP contribution is -2.44. The summed E-state index contributed by atoms with van der Waals surface area (Å²) >= 11 is 0. The van der Waals surface area contributed by atoms with E-state index in [0.717, 1.165) is 13.1 Å². The van der Waals surface area contributed by atoms with Crippen LogP contribution in [0.3, 0.4) is 0 Å². The monoisotopic (exact) mass is 188 g/mol. The highest BCUT2D eigenvalue weighted by Crippen LogP contribution is 2.06. The smallest absolute Gasteiger partial charge is 0.0599 e. The number of aliphatic hydroxyl groups is 1. The minimum atomic E-state index is 0.138. The summed E-state index contributed by atoms with van der Waals surface area (Å²) in [7, 11) is 0. The molecule has 3 nitrogen and oxygen atoms in total. The summed E-state index contributed by atoms with van der Waals surface area (Å²) < 4.78 is 0. The molecule has 0 amide bonds. The summed E-state index contributed by atoms with van der Waals surface area (Å²) in [5.41, 5.74) is 5.58. The lowest BCUT2D eigenvalue weighted by Gasteiger charge is -2.30. The van der Waals surface area contributed by atoms with Crippen molar-refractivity contribution in [3.63, 3.8) is 0 Å². The van der Waals surface area contributed by atoms with Crippen LogP contribution in [0.5, 0.6) is 0 Å². The van der Waals surface area contributed by atoms with Crippen LogP contribution in [0.2, 0.25) is 0 Å². The van der Waals surface area contributed by atoms with Gasteiger partial charge in [-0.3, -0.25) is 4.90 Å². The lowest BCUT2D eigenvalue weighted by molar-refractivity contribution is 0.118. The molecule has 13 heavy (non-hydrogen) atoms. The zero-order chi connectivity index (χ0) is 10.3. The maximum absolute atomic E-state index is 9.09. The van der Waals surface area contributed by atoms with E-state index in [4.69, 9.17) is 10.8 Å². The Balaban J connectivity index is 3.98. The number of hydrogen-bond donors (Lipinski definition) is 2. The molecule has 0 heterocycles. The van der Waals surface area contributed by atoms with Crippen molar-refractivity contribution < 1.29 is 5.11 Å². The average Bonchev–Trinajstić information content (AvgIpc) is 2.17. The first-order valence-electron chi connectivity index (χ1n) is 5.24. The second-order valence-corrected chi connectivity index (χ2v) is 3.67. The summed E-state index contributed by atoms with van der Waals surface area (Å²) in [5, 5.41) is 9.09. The highest BCUT2D eigenvalue weighted by atomic mass is 16.3. The Morgan fingerprint density at radius 2 is 2.00 bits per heavy atom. The lowest BCUT2D eigenvalue weighted by atomic mass is 10.1. The number of likely N-dealkylation sites (N-methyl/N-ethyl adjacent to an activating group) is 1. The first-order chi connectivity index (χ1) is 6.19. The van der Waals surface area contributed by atoms with E-state index in [-0.39, 0.29) is 12.6 Å². The van der Waals surface area contributed by atoms with Gasteiger partial charge in [-0.25, -0.2) is 0 Å². The van der Waals surface area contributed by atoms with Gasteiger partial charge in [0.15, 0.2) is 0 Å². The molecule has 3 N–H and O–H groups in total. The third-order valence-corrected chi connectivity index (χ3v) is 2.65. The summed E-state index contributed by atoms with van der Waals surface area (Å²) in [4.78, 5) is 2.26. The molecular formula is C10H24N2O. The second-order valence-electron chi connectivity index (χ2n) is 3.67. The van der Waals surface area contributed by atoms with E-state index in [1.165, 1.54) is 6.42 Å². The molecule has 0 aromatic carbocycles. The van der Waals surface area contributed by atoms with Gasteiger partial charge in [0.25, 0.3) is 0 Å². The Bertz CT molecular complexity index is 115. The van der Waals surface area contributed by atoms with Crippen molar-refractivity contribution in [2.45, 2.75) is 33.2 Å². The topological polar surface area (TPSA) is 49.5 Å². The summed E-state index contributed by atoms with van der Waals surface area (Å²) in [6.07, 6.45) is 1.18. The summed E-state index contributed by atoms with van der Waals surface area (Å²) in [6.45, 7) is 9.24. The number of aliphatic hydroxyl groups excluding tert-OH is 1. The number of rotatable bonds is 7. The normalized spacial score (nSPS) is 16.2. The highest BCUT2D eigenvalue weighted by Gasteiger charge is 2.15. The van der Waals surface area contributed by atoms with Crippen LogP contribution in [0.1, 0.15) is 27.2 Å². The first kappa shape index (κ1) is 12.9. The molecule has 0 saturated carbocycles. The largest absolute Gasteiger partial charge is 0.395 e. The predicted octanol–water partition coefficient (Wildman–Crippen LogP) is 0.674. The van der Waals surface area contributed by atoms with E-state index < -0.39 is 0 Å². The van der Waals surface area contributed by atoms with E-state index in [1.807, 2.05) is 0 Å². The molecule has 0 bridgehead atoms. The van der Waals surface area contributed by atoms with Crippen molar-refractivity contribution in [1.29, 1.82) is 0 Å². The fourth-order valence-electron chi connectivity index (χ4n) is 1.40. The van der Waals surface area contributed by atoms with E-state index >= 15 is 0 Å². The van der Waals surface area contributed by atoms with Crippen molar-refractivity contribution in [3.8, 4) is 0 Å². The van der Waals surface area contributed by atoms with Gasteiger partial charge in [-0.05, 0) is 12.5 Å². The Labute approximate surface area is 81.9 Å². The zero-order valence-electron chi connectivity index (χ0n) is 9.16. The first-order valence-corrected chi connectivity index (χ1v) is 5.24. The molecule has 0 aromatic heterocycles. The maximum Gasteiger partial charge on any atom is 0.0599 e. The van der Waals surface area contributed by atoms with Gasteiger partial charge in [-0.2, -0.15) is 0 Å². The molecule has 0 aliphatic heterocycles. The Kier molecular flexibility index (Phi) is 7.23. The minimum Gasteiger partial charge on any atom is -0.395 e. The molecule has 0 radical (unpaired) electrons. The van der Waals surface area contributed by atoms with Crippen LogP contribution >= 0.6 is 0 Å². The van der Waals surface area contributed by atoms with Gasteiger partial charge in [0.2, 0.25) is 0 Å². The van der Waals surface area contributed by atoms with Gasteiger partial charge in [-0.15, -0.1) is 0 Å². The van der Waals surface area contributed by atoms with Gasteiger partial charge >= 0.3 is 0 Å². The van der Waals surface area contributed by atoms with Crippen LogP contribution in [0.25, 0.3) is 0 Å². The number of nitrogens with zero attached hydrogens (tertiary/aromatic N) is 1. The van der Waals surface area contributed by atoms with E-state index in [2.05, 4.69) is 25.7 Å². The van der Waals surface area contributed by atoms with E-state index in [1.54, 1.807) is 0 Å². The molecular weight excluding hydrogens is 164 g/mol. The molecule has 0 aliphatic carbocycles. The molecule has 0 saturated heterocycles. The Hall–Kier alpha value is -0.120. The van der Waals surface area contributed by atoms with Gasteiger partial charge < -0.3 is 10.8 Å². The van der Waals surface area contributed by atoms with Gasteiger partial charge in [0.1, 0.15) is 0 Å².